The Morgan fingerprint density at radius 3 is 2.34 bits per heavy atom. The summed E-state index contributed by atoms with van der Waals surface area (Å²) in [5.41, 5.74) is 1.67. The number of piperazine rings is 1. The van der Waals surface area contributed by atoms with Gasteiger partial charge in [-0.2, -0.15) is 4.98 Å². The van der Waals surface area contributed by atoms with Gasteiger partial charge in [-0.25, -0.2) is 9.97 Å². The number of hydrogen-bond acceptors (Lipinski definition) is 8. The van der Waals surface area contributed by atoms with Crippen LogP contribution in [0.3, 0.4) is 0 Å². The van der Waals surface area contributed by atoms with E-state index in [1.54, 1.807) is 0 Å². The first kappa shape index (κ1) is 18.3. The van der Waals surface area contributed by atoms with Gasteiger partial charge in [-0.3, -0.25) is 4.98 Å². The zero-order valence-corrected chi connectivity index (χ0v) is 16.8. The van der Waals surface area contributed by atoms with Crippen molar-refractivity contribution in [2.75, 3.05) is 67.2 Å². The molecule has 3 aromatic rings. The van der Waals surface area contributed by atoms with Gasteiger partial charge < -0.3 is 19.4 Å². The van der Waals surface area contributed by atoms with Crippen molar-refractivity contribution in [3.8, 4) is 0 Å². The summed E-state index contributed by atoms with van der Waals surface area (Å²) >= 11 is 6.04. The maximum absolute atomic E-state index is 6.04. The van der Waals surface area contributed by atoms with E-state index < -0.39 is 0 Å². The summed E-state index contributed by atoms with van der Waals surface area (Å²) in [6.45, 7) is 6.61. The number of morpholine rings is 1. The highest BCUT2D eigenvalue weighted by Gasteiger charge is 2.22. The van der Waals surface area contributed by atoms with Gasteiger partial charge in [-0.15, -0.1) is 0 Å². The number of hydrogen-bond donors (Lipinski definition) is 0. The highest BCUT2D eigenvalue weighted by Crippen LogP contribution is 2.22. The average Bonchev–Trinajstić information content (AvgIpc) is 2.79. The van der Waals surface area contributed by atoms with Crippen molar-refractivity contribution in [3.05, 3.63) is 41.7 Å². The Hall–Kier alpha value is -2.71. The topological polar surface area (TPSA) is 70.5 Å². The Kier molecular flexibility index (Phi) is 5.03. The van der Waals surface area contributed by atoms with E-state index >= 15 is 0 Å². The van der Waals surface area contributed by atoms with Crippen LogP contribution in [0, 0.1) is 0 Å². The number of aromatic nitrogens is 4. The summed E-state index contributed by atoms with van der Waals surface area (Å²) < 4.78 is 5.44. The molecule has 0 atom stereocenters. The second kappa shape index (κ2) is 7.96. The van der Waals surface area contributed by atoms with Gasteiger partial charge >= 0.3 is 0 Å². The molecule has 2 fully saturated rings. The van der Waals surface area contributed by atoms with Crippen molar-refractivity contribution in [2.24, 2.45) is 0 Å². The molecule has 0 saturated carbocycles. The minimum absolute atomic E-state index is 0.674. The van der Waals surface area contributed by atoms with Crippen molar-refractivity contribution in [1.29, 1.82) is 0 Å². The maximum atomic E-state index is 6.04. The van der Waals surface area contributed by atoms with E-state index in [1.165, 1.54) is 0 Å². The first-order valence-corrected chi connectivity index (χ1v) is 10.2. The Morgan fingerprint density at radius 1 is 0.759 bits per heavy atom. The third-order valence-corrected chi connectivity index (χ3v) is 5.58. The van der Waals surface area contributed by atoms with Gasteiger partial charge in [0.15, 0.2) is 0 Å². The van der Waals surface area contributed by atoms with Gasteiger partial charge in [0.25, 0.3) is 0 Å². The van der Waals surface area contributed by atoms with Gasteiger partial charge in [0, 0.05) is 50.5 Å². The molecule has 2 aliphatic rings. The van der Waals surface area contributed by atoms with E-state index in [1.807, 2.05) is 36.7 Å². The zero-order valence-electron chi connectivity index (χ0n) is 16.0. The van der Waals surface area contributed by atoms with Gasteiger partial charge in [0.1, 0.15) is 11.6 Å². The summed E-state index contributed by atoms with van der Waals surface area (Å²) in [5, 5.41) is 0.674. The quantitative estimate of drug-likeness (QED) is 0.649. The summed E-state index contributed by atoms with van der Waals surface area (Å²) in [6, 6.07) is 7.57. The lowest BCUT2D eigenvalue weighted by molar-refractivity contribution is 0.122. The van der Waals surface area contributed by atoms with Crippen molar-refractivity contribution in [3.63, 3.8) is 0 Å². The molecular formula is C20H22ClN7O. The molecule has 2 saturated heterocycles. The fourth-order valence-electron chi connectivity index (χ4n) is 3.72. The smallest absolute Gasteiger partial charge is 0.227 e. The molecule has 0 radical (unpaired) electrons. The molecule has 4 heterocycles. The number of nitrogens with zero attached hydrogens (tertiary/aromatic N) is 7. The van der Waals surface area contributed by atoms with Gasteiger partial charge in [-0.05, 0) is 24.3 Å². The molecule has 0 amide bonds. The van der Waals surface area contributed by atoms with Crippen LogP contribution in [0.15, 0.2) is 36.7 Å². The lowest BCUT2D eigenvalue weighted by Gasteiger charge is -2.35. The number of benzene rings is 1. The molecule has 0 unspecified atom stereocenters. The van der Waals surface area contributed by atoms with E-state index in [4.69, 9.17) is 26.3 Å². The first-order valence-electron chi connectivity index (χ1n) is 9.84. The molecule has 0 bridgehead atoms. The first-order chi connectivity index (χ1) is 14.3. The number of rotatable bonds is 3. The molecule has 0 aliphatic carbocycles. The Bertz CT molecular complexity index is 1000. The van der Waals surface area contributed by atoms with E-state index in [9.17, 15) is 0 Å². The molecule has 0 N–H and O–H groups in total. The molecule has 2 aromatic heterocycles. The van der Waals surface area contributed by atoms with Gasteiger partial charge in [0.05, 0.1) is 30.4 Å². The van der Waals surface area contributed by atoms with Crippen LogP contribution in [0.25, 0.3) is 11.0 Å². The molecule has 150 valence electrons. The highest BCUT2D eigenvalue weighted by molar-refractivity contribution is 6.31. The normalized spacial score (nSPS) is 17.8. The van der Waals surface area contributed by atoms with E-state index in [2.05, 4.69) is 24.7 Å². The molecule has 2 aliphatic heterocycles. The van der Waals surface area contributed by atoms with Crippen molar-refractivity contribution < 1.29 is 4.74 Å². The van der Waals surface area contributed by atoms with Crippen LogP contribution in [0.5, 0.6) is 0 Å². The van der Waals surface area contributed by atoms with E-state index in [0.717, 1.165) is 81.1 Å². The highest BCUT2D eigenvalue weighted by atomic mass is 35.5. The average molecular weight is 412 g/mol. The lowest BCUT2D eigenvalue weighted by Crippen LogP contribution is -2.47. The lowest BCUT2D eigenvalue weighted by atomic mass is 10.3. The SMILES string of the molecule is Clc1ccc2nc(N3CCN(c4nccc(N5CCOCC5)n4)CC3)cnc2c1. The van der Waals surface area contributed by atoms with Gasteiger partial charge in [0.2, 0.25) is 5.95 Å². The van der Waals surface area contributed by atoms with Crippen LogP contribution in [0.2, 0.25) is 5.02 Å². The number of ether oxygens (including phenoxy) is 1. The second-order valence-electron chi connectivity index (χ2n) is 7.15. The second-order valence-corrected chi connectivity index (χ2v) is 7.59. The van der Waals surface area contributed by atoms with Crippen LogP contribution in [-0.2, 0) is 4.74 Å². The van der Waals surface area contributed by atoms with Crippen molar-refractivity contribution >= 4 is 40.2 Å². The largest absolute Gasteiger partial charge is 0.378 e. The summed E-state index contributed by atoms with van der Waals surface area (Å²) in [6.07, 6.45) is 3.67. The standard InChI is InChI=1S/C20H22ClN7O/c21-15-1-2-16-17(13-15)23-14-19(24-16)26-5-7-28(8-6-26)20-22-4-3-18(25-20)27-9-11-29-12-10-27/h1-4,13-14H,5-12H2. The molecule has 1 aromatic carbocycles. The summed E-state index contributed by atoms with van der Waals surface area (Å²) in [5.74, 6) is 2.65. The molecule has 29 heavy (non-hydrogen) atoms. The van der Waals surface area contributed by atoms with E-state index in [0.29, 0.717) is 5.02 Å². The Balaban J connectivity index is 1.27. The fourth-order valence-corrected chi connectivity index (χ4v) is 3.89. The van der Waals surface area contributed by atoms with Crippen LogP contribution in [0.1, 0.15) is 0 Å². The van der Waals surface area contributed by atoms with Gasteiger partial charge in [-0.1, -0.05) is 11.6 Å². The minimum Gasteiger partial charge on any atom is -0.378 e. The Labute approximate surface area is 174 Å². The fraction of sp³-hybridized carbons (Fsp3) is 0.400. The minimum atomic E-state index is 0.674. The number of anilines is 3. The van der Waals surface area contributed by atoms with Crippen molar-refractivity contribution in [1.82, 2.24) is 19.9 Å². The predicted molar refractivity (Wildman–Crippen MR) is 114 cm³/mol. The third kappa shape index (κ3) is 3.90. The maximum Gasteiger partial charge on any atom is 0.227 e. The molecule has 8 nitrogen and oxygen atoms in total. The van der Waals surface area contributed by atoms with Crippen molar-refractivity contribution in [2.45, 2.75) is 0 Å². The van der Waals surface area contributed by atoms with E-state index in [-0.39, 0.29) is 0 Å². The van der Waals surface area contributed by atoms with Crippen LogP contribution >= 0.6 is 11.6 Å². The van der Waals surface area contributed by atoms with Crippen LogP contribution < -0.4 is 14.7 Å². The molecule has 0 spiro atoms. The predicted octanol–water partition coefficient (Wildman–Crippen LogP) is 2.24. The van der Waals surface area contributed by atoms with Crippen LogP contribution in [-0.4, -0.2) is 72.4 Å². The molecular weight excluding hydrogens is 390 g/mol. The summed E-state index contributed by atoms with van der Waals surface area (Å²) in [7, 11) is 0. The number of fused-ring (bicyclic) bond motifs is 1. The third-order valence-electron chi connectivity index (χ3n) is 5.34. The Morgan fingerprint density at radius 2 is 1.52 bits per heavy atom. The molecule has 9 heteroatoms. The monoisotopic (exact) mass is 411 g/mol. The van der Waals surface area contributed by atoms with Crippen LogP contribution in [0.4, 0.5) is 17.6 Å². The molecule has 5 rings (SSSR count). The summed E-state index contributed by atoms with van der Waals surface area (Å²) in [4.78, 5) is 25.3. The zero-order chi connectivity index (χ0) is 19.6. The number of halogens is 1.